The van der Waals surface area contributed by atoms with E-state index >= 15 is 0 Å². The molecule has 0 N–H and O–H groups in total. The van der Waals surface area contributed by atoms with Gasteiger partial charge < -0.3 is 4.74 Å². The summed E-state index contributed by atoms with van der Waals surface area (Å²) in [4.78, 5) is 44.8. The van der Waals surface area contributed by atoms with Gasteiger partial charge in [0.15, 0.2) is 0 Å². The summed E-state index contributed by atoms with van der Waals surface area (Å²) in [5, 5.41) is 0. The van der Waals surface area contributed by atoms with Gasteiger partial charge in [0.1, 0.15) is 6.61 Å². The smallest absolute Gasteiger partial charge is 0.373 e. The fourth-order valence-corrected chi connectivity index (χ4v) is 3.44. The fourth-order valence-electron chi connectivity index (χ4n) is 3.44. The number of carbonyl (C=O) groups excluding carboxylic acids is 2. The summed E-state index contributed by atoms with van der Waals surface area (Å²) >= 11 is 0. The van der Waals surface area contributed by atoms with Crippen LogP contribution in [0, 0.1) is 0 Å². The molecule has 0 radical (unpaired) electrons. The fraction of sp³-hybridized carbons (Fsp3) is 0.133. The summed E-state index contributed by atoms with van der Waals surface area (Å²) in [5.41, 5.74) is 4.54. The molecule has 0 atom stereocenters. The highest BCUT2D eigenvalue weighted by molar-refractivity contribution is 5.90. The molecule has 37 heavy (non-hydrogen) atoms. The predicted octanol–water partition coefficient (Wildman–Crippen LogP) is 6.26. The number of ether oxygens (including phenoxy) is 1. The van der Waals surface area contributed by atoms with E-state index in [1.165, 1.54) is 0 Å². The third-order valence-corrected chi connectivity index (χ3v) is 5.38. The second-order valence-electron chi connectivity index (χ2n) is 7.91. The first-order valence-electron chi connectivity index (χ1n) is 11.8. The van der Waals surface area contributed by atoms with Gasteiger partial charge in [0.25, 0.3) is 6.29 Å². The van der Waals surface area contributed by atoms with Gasteiger partial charge in [-0.05, 0) is 53.4 Å². The van der Waals surface area contributed by atoms with Crippen LogP contribution in [0.3, 0.4) is 0 Å². The lowest BCUT2D eigenvalue weighted by Crippen LogP contribution is -2.26. The maximum Gasteiger partial charge on any atom is 0.373 e. The van der Waals surface area contributed by atoms with Crippen molar-refractivity contribution in [3.63, 3.8) is 0 Å². The Morgan fingerprint density at radius 1 is 0.568 bits per heavy atom. The van der Waals surface area contributed by atoms with Crippen LogP contribution in [0.15, 0.2) is 109 Å². The highest BCUT2D eigenvalue weighted by Gasteiger charge is 2.20. The summed E-state index contributed by atoms with van der Waals surface area (Å²) in [6, 6.07) is 33.3. The van der Waals surface area contributed by atoms with Crippen molar-refractivity contribution >= 4 is 11.9 Å². The van der Waals surface area contributed by atoms with Crippen molar-refractivity contribution in [2.24, 2.45) is 0 Å². The van der Waals surface area contributed by atoms with E-state index in [1.807, 2.05) is 84.9 Å². The van der Waals surface area contributed by atoms with Crippen LogP contribution < -0.4 is 0 Å². The first kappa shape index (κ1) is 25.8. The highest BCUT2D eigenvalue weighted by atomic mass is 17.3. The molecule has 0 aliphatic rings. The van der Waals surface area contributed by atoms with Gasteiger partial charge in [0.05, 0.1) is 11.1 Å². The van der Waals surface area contributed by atoms with Gasteiger partial charge in [0, 0.05) is 6.61 Å². The molecule has 4 rings (SSSR count). The molecule has 188 valence electrons. The maximum atomic E-state index is 12.4. The van der Waals surface area contributed by atoms with E-state index in [-0.39, 0.29) is 17.7 Å². The van der Waals surface area contributed by atoms with Crippen molar-refractivity contribution in [2.45, 2.75) is 13.2 Å². The summed E-state index contributed by atoms with van der Waals surface area (Å²) in [6.07, 6.45) is -1.28. The Labute approximate surface area is 215 Å². The zero-order chi connectivity index (χ0) is 25.9. The Bertz CT molecular complexity index is 1170. The van der Waals surface area contributed by atoms with Crippen LogP contribution >= 0.6 is 0 Å². The number of hydrogen-bond acceptors (Lipinski definition) is 7. The molecular formula is C30H26O7. The van der Waals surface area contributed by atoms with Gasteiger partial charge in [-0.3, -0.25) is 9.78 Å². The quantitative estimate of drug-likeness (QED) is 0.137. The van der Waals surface area contributed by atoms with Gasteiger partial charge >= 0.3 is 11.9 Å². The Hall–Kier alpha value is -4.30. The van der Waals surface area contributed by atoms with Crippen LogP contribution in [-0.2, 0) is 24.3 Å². The second kappa shape index (κ2) is 13.1. The molecule has 0 amide bonds. The van der Waals surface area contributed by atoms with Gasteiger partial charge in [0.2, 0.25) is 0 Å². The summed E-state index contributed by atoms with van der Waals surface area (Å²) < 4.78 is 5.27. The van der Waals surface area contributed by atoms with Crippen LogP contribution in [-0.4, -0.2) is 31.4 Å². The molecule has 0 aliphatic heterocycles. The van der Waals surface area contributed by atoms with E-state index < -0.39 is 18.2 Å². The zero-order valence-electron chi connectivity index (χ0n) is 20.2. The normalized spacial score (nSPS) is 10.8. The lowest BCUT2D eigenvalue weighted by molar-refractivity contribution is -0.426. The van der Waals surface area contributed by atoms with Crippen molar-refractivity contribution in [1.29, 1.82) is 0 Å². The minimum absolute atomic E-state index is 0.128. The first-order valence-corrected chi connectivity index (χ1v) is 11.8. The third kappa shape index (κ3) is 7.35. The van der Waals surface area contributed by atoms with Crippen LogP contribution in [0.5, 0.6) is 0 Å². The van der Waals surface area contributed by atoms with Crippen LogP contribution in [0.2, 0.25) is 0 Å². The predicted molar refractivity (Wildman–Crippen MR) is 137 cm³/mol. The number of rotatable bonds is 11. The molecule has 0 unspecified atom stereocenters. The average molecular weight is 499 g/mol. The molecule has 0 heterocycles. The lowest BCUT2D eigenvalue weighted by atomic mass is 10.0. The van der Waals surface area contributed by atoms with Gasteiger partial charge in [-0.15, -0.1) is 9.78 Å². The average Bonchev–Trinajstić information content (AvgIpc) is 2.97. The Morgan fingerprint density at radius 2 is 0.946 bits per heavy atom. The van der Waals surface area contributed by atoms with Gasteiger partial charge in [-0.1, -0.05) is 84.9 Å². The van der Waals surface area contributed by atoms with E-state index in [2.05, 4.69) is 0 Å². The summed E-state index contributed by atoms with van der Waals surface area (Å²) in [7, 11) is 0. The Morgan fingerprint density at radius 3 is 1.32 bits per heavy atom. The van der Waals surface area contributed by atoms with Crippen molar-refractivity contribution in [3.05, 3.63) is 120 Å². The zero-order valence-corrected chi connectivity index (χ0v) is 20.2. The minimum atomic E-state index is -1.28. The van der Waals surface area contributed by atoms with Crippen LogP contribution in [0.1, 0.15) is 27.6 Å². The molecule has 0 aromatic heterocycles. The standard InChI is InChI=1S/C30H26O7/c1-2-33-21-28(34-36-29(31)26-17-13-24(14-18-26)22-9-5-3-6-10-22)35-37-30(32)27-19-15-25(16-20-27)23-11-7-4-8-12-23/h3-20,28H,2,21H2,1H3. The van der Waals surface area contributed by atoms with Crippen molar-refractivity contribution in [3.8, 4) is 22.3 Å². The molecule has 0 spiro atoms. The second-order valence-corrected chi connectivity index (χ2v) is 7.91. The molecule has 0 saturated carbocycles. The molecule has 7 nitrogen and oxygen atoms in total. The van der Waals surface area contributed by atoms with E-state index in [9.17, 15) is 9.59 Å². The Balaban J connectivity index is 1.30. The molecule has 7 heteroatoms. The van der Waals surface area contributed by atoms with E-state index in [0.29, 0.717) is 6.61 Å². The monoisotopic (exact) mass is 498 g/mol. The van der Waals surface area contributed by atoms with Gasteiger partial charge in [-0.25, -0.2) is 9.59 Å². The Kier molecular flexibility index (Phi) is 9.15. The SMILES string of the molecule is CCOCC(OOC(=O)c1ccc(-c2ccccc2)cc1)OOC(=O)c1ccc(-c2ccccc2)cc1. The molecule has 0 bridgehead atoms. The molecule has 4 aromatic rings. The number of benzene rings is 4. The third-order valence-electron chi connectivity index (χ3n) is 5.38. The largest absolute Gasteiger partial charge is 0.376 e. The molecule has 0 fully saturated rings. The molecular weight excluding hydrogens is 472 g/mol. The minimum Gasteiger partial charge on any atom is -0.376 e. The van der Waals surface area contributed by atoms with E-state index in [1.54, 1.807) is 31.2 Å². The van der Waals surface area contributed by atoms with Crippen LogP contribution in [0.25, 0.3) is 22.3 Å². The maximum absolute atomic E-state index is 12.4. The highest BCUT2D eigenvalue weighted by Crippen LogP contribution is 2.21. The topological polar surface area (TPSA) is 80.3 Å². The molecule has 0 saturated heterocycles. The van der Waals surface area contributed by atoms with Gasteiger partial charge in [-0.2, -0.15) is 0 Å². The summed E-state index contributed by atoms with van der Waals surface area (Å²) in [6.45, 7) is 2.00. The first-order chi connectivity index (χ1) is 18.1. The van der Waals surface area contributed by atoms with Crippen molar-refractivity contribution in [1.82, 2.24) is 0 Å². The number of carbonyl (C=O) groups is 2. The van der Waals surface area contributed by atoms with Crippen molar-refractivity contribution < 1.29 is 33.9 Å². The summed E-state index contributed by atoms with van der Waals surface area (Å²) in [5.74, 6) is -1.46. The molecule has 4 aromatic carbocycles. The van der Waals surface area contributed by atoms with E-state index in [4.69, 9.17) is 24.3 Å². The lowest BCUT2D eigenvalue weighted by Gasteiger charge is -2.15. The number of hydrogen-bond donors (Lipinski definition) is 0. The molecule has 0 aliphatic carbocycles. The van der Waals surface area contributed by atoms with Crippen molar-refractivity contribution in [2.75, 3.05) is 13.2 Å². The van der Waals surface area contributed by atoms with Crippen LogP contribution in [0.4, 0.5) is 0 Å². The van der Waals surface area contributed by atoms with E-state index in [0.717, 1.165) is 22.3 Å².